The molecule has 3 aromatic rings. The second kappa shape index (κ2) is 4.13. The molecule has 3 rings (SSSR count). The Morgan fingerprint density at radius 2 is 1.84 bits per heavy atom. The average Bonchev–Trinajstić information content (AvgIpc) is 2.86. The van der Waals surface area contributed by atoms with Gasteiger partial charge in [0, 0.05) is 11.0 Å². The van der Waals surface area contributed by atoms with Gasteiger partial charge in [0.25, 0.3) is 0 Å². The molecule has 0 spiro atoms. The first-order chi connectivity index (χ1) is 8.97. The van der Waals surface area contributed by atoms with E-state index in [1.807, 2.05) is 16.6 Å². The summed E-state index contributed by atoms with van der Waals surface area (Å²) in [6.45, 7) is 8.46. The summed E-state index contributed by atoms with van der Waals surface area (Å²) in [7, 11) is 0. The fourth-order valence-corrected chi connectivity index (χ4v) is 2.94. The maximum Gasteiger partial charge on any atom is 0.235 e. The maximum atomic E-state index is 4.68. The molecular formula is C14H16N4S. The normalized spacial score (nSPS) is 12.2. The highest BCUT2D eigenvalue weighted by molar-refractivity contribution is 7.19. The Balaban J connectivity index is 2.18. The van der Waals surface area contributed by atoms with Gasteiger partial charge in [-0.3, -0.25) is 0 Å². The van der Waals surface area contributed by atoms with E-state index in [2.05, 4.69) is 55.1 Å². The van der Waals surface area contributed by atoms with E-state index < -0.39 is 0 Å². The number of hydrogen-bond donors (Lipinski definition) is 0. The molecule has 0 saturated heterocycles. The summed E-state index contributed by atoms with van der Waals surface area (Å²) in [5.41, 5.74) is 2.33. The van der Waals surface area contributed by atoms with Crippen LogP contribution in [0.2, 0.25) is 0 Å². The summed E-state index contributed by atoms with van der Waals surface area (Å²) in [4.78, 5) is 0.850. The lowest BCUT2D eigenvalue weighted by molar-refractivity contribution is 0.528. The Labute approximate surface area is 116 Å². The average molecular weight is 272 g/mol. The zero-order chi connectivity index (χ0) is 13.6. The summed E-state index contributed by atoms with van der Waals surface area (Å²) in [6, 6.07) is 8.27. The van der Waals surface area contributed by atoms with Gasteiger partial charge in [0.2, 0.25) is 4.96 Å². The van der Waals surface area contributed by atoms with E-state index in [0.717, 1.165) is 21.4 Å². The summed E-state index contributed by atoms with van der Waals surface area (Å²) >= 11 is 1.58. The van der Waals surface area contributed by atoms with Gasteiger partial charge in [-0.15, -0.1) is 10.2 Å². The number of fused-ring (bicyclic) bond motifs is 1. The van der Waals surface area contributed by atoms with Crippen LogP contribution in [0.15, 0.2) is 24.3 Å². The number of rotatable bonds is 1. The van der Waals surface area contributed by atoms with Crippen LogP contribution in [0.4, 0.5) is 0 Å². The molecule has 0 aliphatic carbocycles. The van der Waals surface area contributed by atoms with Crippen molar-refractivity contribution in [3.8, 4) is 10.6 Å². The van der Waals surface area contributed by atoms with Crippen LogP contribution >= 0.6 is 11.3 Å². The third-order valence-electron chi connectivity index (χ3n) is 3.04. The predicted molar refractivity (Wildman–Crippen MR) is 77.5 cm³/mol. The molecule has 0 saturated carbocycles. The zero-order valence-electron chi connectivity index (χ0n) is 11.5. The van der Waals surface area contributed by atoms with Crippen molar-refractivity contribution < 1.29 is 0 Å². The molecule has 1 aromatic carbocycles. The predicted octanol–water partition coefficient (Wildman–Crippen LogP) is 3.46. The molecule has 0 amide bonds. The number of aromatic nitrogens is 4. The van der Waals surface area contributed by atoms with Crippen LogP contribution in [-0.2, 0) is 5.41 Å². The van der Waals surface area contributed by atoms with E-state index in [4.69, 9.17) is 0 Å². The molecule has 2 heterocycles. The van der Waals surface area contributed by atoms with Crippen molar-refractivity contribution in [1.82, 2.24) is 19.8 Å². The lowest BCUT2D eigenvalue weighted by Crippen LogP contribution is -2.16. The minimum absolute atomic E-state index is 0.0590. The Kier molecular flexibility index (Phi) is 2.67. The third kappa shape index (κ3) is 2.04. The molecule has 5 heteroatoms. The SMILES string of the molecule is Cc1ccccc1-c1nn2c(C(C)(C)C)nnc2s1. The van der Waals surface area contributed by atoms with Gasteiger partial charge in [0.1, 0.15) is 5.01 Å². The molecule has 98 valence electrons. The smallest absolute Gasteiger partial charge is 0.186 e. The van der Waals surface area contributed by atoms with Crippen LogP contribution in [0.3, 0.4) is 0 Å². The van der Waals surface area contributed by atoms with Gasteiger partial charge in [-0.2, -0.15) is 9.61 Å². The van der Waals surface area contributed by atoms with Crippen molar-refractivity contribution in [1.29, 1.82) is 0 Å². The molecule has 4 nitrogen and oxygen atoms in total. The van der Waals surface area contributed by atoms with E-state index >= 15 is 0 Å². The van der Waals surface area contributed by atoms with Gasteiger partial charge in [-0.25, -0.2) is 0 Å². The minimum atomic E-state index is -0.0590. The number of hydrogen-bond acceptors (Lipinski definition) is 4. The largest absolute Gasteiger partial charge is 0.235 e. The van der Waals surface area contributed by atoms with Gasteiger partial charge in [-0.05, 0) is 12.5 Å². The molecule has 0 aliphatic heterocycles. The van der Waals surface area contributed by atoms with Crippen molar-refractivity contribution in [2.45, 2.75) is 33.1 Å². The number of benzene rings is 1. The minimum Gasteiger partial charge on any atom is -0.186 e. The van der Waals surface area contributed by atoms with Crippen molar-refractivity contribution in [2.75, 3.05) is 0 Å². The van der Waals surface area contributed by atoms with Gasteiger partial charge in [0.15, 0.2) is 5.82 Å². The van der Waals surface area contributed by atoms with Crippen molar-refractivity contribution in [3.05, 3.63) is 35.7 Å². The molecule has 0 aliphatic rings. The zero-order valence-corrected chi connectivity index (χ0v) is 12.3. The van der Waals surface area contributed by atoms with Crippen molar-refractivity contribution in [2.24, 2.45) is 0 Å². The lowest BCUT2D eigenvalue weighted by atomic mass is 9.96. The molecular weight excluding hydrogens is 256 g/mol. The third-order valence-corrected chi connectivity index (χ3v) is 3.97. The van der Waals surface area contributed by atoms with E-state index in [9.17, 15) is 0 Å². The molecule has 0 fully saturated rings. The Bertz CT molecular complexity index is 733. The first-order valence-electron chi connectivity index (χ1n) is 6.25. The van der Waals surface area contributed by atoms with Gasteiger partial charge in [0.05, 0.1) is 0 Å². The fraction of sp³-hybridized carbons (Fsp3) is 0.357. The molecule has 19 heavy (non-hydrogen) atoms. The summed E-state index contributed by atoms with van der Waals surface area (Å²) in [5.74, 6) is 0.901. The van der Waals surface area contributed by atoms with Crippen molar-refractivity contribution >= 4 is 16.3 Å². The molecule has 0 unspecified atom stereocenters. The van der Waals surface area contributed by atoms with E-state index in [1.54, 1.807) is 11.3 Å². The van der Waals surface area contributed by atoms with E-state index in [1.165, 1.54) is 5.56 Å². The van der Waals surface area contributed by atoms with Crippen LogP contribution in [0.5, 0.6) is 0 Å². The van der Waals surface area contributed by atoms with Gasteiger partial charge in [-0.1, -0.05) is 56.4 Å². The van der Waals surface area contributed by atoms with E-state index in [0.29, 0.717) is 0 Å². The number of nitrogens with zero attached hydrogens (tertiary/aromatic N) is 4. The summed E-state index contributed by atoms with van der Waals surface area (Å²) < 4.78 is 1.87. The second-order valence-electron chi connectivity index (χ2n) is 5.69. The second-order valence-corrected chi connectivity index (χ2v) is 6.65. The molecule has 0 bridgehead atoms. The topological polar surface area (TPSA) is 43.1 Å². The Hall–Kier alpha value is -1.75. The van der Waals surface area contributed by atoms with E-state index in [-0.39, 0.29) is 5.41 Å². The standard InChI is InChI=1S/C14H16N4S/c1-9-7-5-6-8-10(9)11-17-18-12(14(2,3)4)15-16-13(18)19-11/h5-8H,1-4H3. The molecule has 0 N–H and O–H groups in total. The quantitative estimate of drug-likeness (QED) is 0.681. The molecule has 0 atom stereocenters. The number of aryl methyl sites for hydroxylation is 1. The highest BCUT2D eigenvalue weighted by atomic mass is 32.1. The first kappa shape index (κ1) is 12.3. The first-order valence-corrected chi connectivity index (χ1v) is 7.07. The highest BCUT2D eigenvalue weighted by Gasteiger charge is 2.23. The summed E-state index contributed by atoms with van der Waals surface area (Å²) in [5, 5.41) is 14.1. The molecule has 2 aromatic heterocycles. The van der Waals surface area contributed by atoms with Crippen LogP contribution < -0.4 is 0 Å². The van der Waals surface area contributed by atoms with Crippen LogP contribution in [-0.4, -0.2) is 19.8 Å². The monoisotopic (exact) mass is 272 g/mol. The Morgan fingerprint density at radius 1 is 1.11 bits per heavy atom. The van der Waals surface area contributed by atoms with Crippen LogP contribution in [0, 0.1) is 6.92 Å². The summed E-state index contributed by atoms with van der Waals surface area (Å²) in [6.07, 6.45) is 0. The van der Waals surface area contributed by atoms with Crippen LogP contribution in [0.1, 0.15) is 32.2 Å². The highest BCUT2D eigenvalue weighted by Crippen LogP contribution is 2.30. The lowest BCUT2D eigenvalue weighted by Gasteiger charge is -2.13. The maximum absolute atomic E-state index is 4.68. The van der Waals surface area contributed by atoms with Gasteiger partial charge < -0.3 is 0 Å². The fourth-order valence-electron chi connectivity index (χ4n) is 2.01. The Morgan fingerprint density at radius 3 is 2.53 bits per heavy atom. The van der Waals surface area contributed by atoms with Crippen molar-refractivity contribution in [3.63, 3.8) is 0 Å². The molecule has 0 radical (unpaired) electrons. The van der Waals surface area contributed by atoms with Crippen LogP contribution in [0.25, 0.3) is 15.5 Å². The van der Waals surface area contributed by atoms with Gasteiger partial charge >= 0.3 is 0 Å².